The summed E-state index contributed by atoms with van der Waals surface area (Å²) >= 11 is 0. The van der Waals surface area contributed by atoms with Gasteiger partial charge in [-0.05, 0) is 141 Å². The van der Waals surface area contributed by atoms with E-state index in [4.69, 9.17) is 15.9 Å². The molecule has 3 nitrogen and oxygen atoms in total. The first-order valence-electron chi connectivity index (χ1n) is 18.7. The van der Waals surface area contributed by atoms with Crippen LogP contribution in [0.4, 0.5) is 0 Å². The largest absolute Gasteiger partial charge is 0.462 e. The summed E-state index contributed by atoms with van der Waals surface area (Å²) in [5, 5.41) is 0. The highest BCUT2D eigenvalue weighted by molar-refractivity contribution is 5.89. The molecule has 4 aliphatic carbocycles. The van der Waals surface area contributed by atoms with Crippen LogP contribution < -0.4 is 0 Å². The second-order valence-corrected chi connectivity index (χ2v) is 16.3. The number of ether oxygens (including phenoxy) is 2. The Labute approximate surface area is 275 Å². The SMILES string of the molecule is C#Cc1ccc(C(=O)OCCCCCCOC2CC[C@@]3(C)C(=CC[C@H]4[C@@H]5CC[C@H]([C@H](C)CCCC(C)C)[C@@]5(C)CC[C@@H]43)C2)cc1. The Morgan fingerprint density at radius 2 is 1.67 bits per heavy atom. The van der Waals surface area contributed by atoms with Crippen molar-refractivity contribution in [2.24, 2.45) is 46.3 Å². The van der Waals surface area contributed by atoms with E-state index in [0.717, 1.165) is 79.8 Å². The maximum absolute atomic E-state index is 12.2. The standard InChI is InChI=1S/C42H62O3/c1-7-32-15-17-33(18-16-32)40(43)45-28-11-9-8-10-27-44-35-23-25-41(5)34(29-35)19-20-36-38-22-21-37(31(4)14-12-13-30(2)3)42(38,6)26-24-39(36)41/h1,15-19,30-31,35-39H,8-14,20-29H2,2-6H3/t31-,35?,36+,37-,38+,39+,41+,42-/m1/s1. The van der Waals surface area contributed by atoms with E-state index in [9.17, 15) is 4.79 Å². The second kappa shape index (κ2) is 15.2. The molecule has 0 aromatic heterocycles. The first-order valence-corrected chi connectivity index (χ1v) is 18.7. The minimum absolute atomic E-state index is 0.272. The van der Waals surface area contributed by atoms with Crippen LogP contribution in [0.5, 0.6) is 0 Å². The molecule has 0 amide bonds. The van der Waals surface area contributed by atoms with E-state index < -0.39 is 0 Å². The molecule has 1 unspecified atom stereocenters. The average molecular weight is 615 g/mol. The quantitative estimate of drug-likeness (QED) is 0.0905. The van der Waals surface area contributed by atoms with Gasteiger partial charge in [0.25, 0.3) is 0 Å². The van der Waals surface area contributed by atoms with Crippen LogP contribution in [0.1, 0.15) is 147 Å². The first kappa shape index (κ1) is 34.3. The maximum atomic E-state index is 12.2. The van der Waals surface area contributed by atoms with E-state index in [1.807, 2.05) is 0 Å². The van der Waals surface area contributed by atoms with Crippen LogP contribution >= 0.6 is 0 Å². The molecule has 45 heavy (non-hydrogen) atoms. The third-order valence-electron chi connectivity index (χ3n) is 13.2. The van der Waals surface area contributed by atoms with Gasteiger partial charge in [-0.3, -0.25) is 0 Å². The van der Waals surface area contributed by atoms with E-state index in [-0.39, 0.29) is 5.97 Å². The normalized spacial score (nSPS) is 33.0. The van der Waals surface area contributed by atoms with Gasteiger partial charge in [0.2, 0.25) is 0 Å². The number of esters is 1. The molecular weight excluding hydrogens is 552 g/mol. The van der Waals surface area contributed by atoms with Crippen LogP contribution in [0.25, 0.3) is 0 Å². The third-order valence-corrected chi connectivity index (χ3v) is 13.2. The number of hydrogen-bond donors (Lipinski definition) is 0. The van der Waals surface area contributed by atoms with Crippen LogP contribution in [0.15, 0.2) is 35.9 Å². The Balaban J connectivity index is 1.02. The molecular formula is C42H62O3. The van der Waals surface area contributed by atoms with Crippen molar-refractivity contribution in [3.8, 4) is 12.3 Å². The van der Waals surface area contributed by atoms with Gasteiger partial charge in [0.1, 0.15) is 0 Å². The summed E-state index contributed by atoms with van der Waals surface area (Å²) in [7, 11) is 0. The smallest absolute Gasteiger partial charge is 0.338 e. The van der Waals surface area contributed by atoms with Gasteiger partial charge in [-0.15, -0.1) is 6.42 Å². The Bertz CT molecular complexity index is 1190. The molecule has 3 heteroatoms. The van der Waals surface area contributed by atoms with Crippen LogP contribution in [-0.4, -0.2) is 25.3 Å². The van der Waals surface area contributed by atoms with Crippen LogP contribution in [0.3, 0.4) is 0 Å². The fourth-order valence-corrected chi connectivity index (χ4v) is 10.6. The summed E-state index contributed by atoms with van der Waals surface area (Å²) in [5.74, 6) is 7.66. The van der Waals surface area contributed by atoms with Gasteiger partial charge in [-0.1, -0.05) is 77.9 Å². The molecule has 4 aliphatic rings. The Hall–Kier alpha value is -2.05. The molecule has 8 atom stereocenters. The van der Waals surface area contributed by atoms with Crippen molar-refractivity contribution >= 4 is 5.97 Å². The van der Waals surface area contributed by atoms with Gasteiger partial charge in [-0.2, -0.15) is 0 Å². The van der Waals surface area contributed by atoms with Gasteiger partial charge in [0.15, 0.2) is 0 Å². The second-order valence-electron chi connectivity index (χ2n) is 16.3. The predicted molar refractivity (Wildman–Crippen MR) is 186 cm³/mol. The summed E-state index contributed by atoms with van der Waals surface area (Å²) in [6, 6.07) is 7.01. The van der Waals surface area contributed by atoms with Crippen molar-refractivity contribution in [3.63, 3.8) is 0 Å². The molecule has 0 heterocycles. The fourth-order valence-electron chi connectivity index (χ4n) is 10.6. The van der Waals surface area contributed by atoms with Crippen molar-refractivity contribution in [2.75, 3.05) is 13.2 Å². The van der Waals surface area contributed by atoms with Crippen molar-refractivity contribution < 1.29 is 14.3 Å². The Morgan fingerprint density at radius 1 is 0.911 bits per heavy atom. The van der Waals surface area contributed by atoms with Crippen LogP contribution in [0.2, 0.25) is 0 Å². The van der Waals surface area contributed by atoms with Crippen molar-refractivity contribution in [1.29, 1.82) is 0 Å². The lowest BCUT2D eigenvalue weighted by Crippen LogP contribution is -2.51. The number of rotatable bonds is 14. The van der Waals surface area contributed by atoms with Gasteiger partial charge in [-0.25, -0.2) is 4.79 Å². The molecule has 0 spiro atoms. The molecule has 248 valence electrons. The van der Waals surface area contributed by atoms with E-state index in [2.05, 4.69) is 46.6 Å². The average Bonchev–Trinajstić information content (AvgIpc) is 3.39. The highest BCUT2D eigenvalue weighted by Gasteiger charge is 2.59. The lowest BCUT2D eigenvalue weighted by molar-refractivity contribution is -0.0641. The number of carbonyl (C=O) groups excluding carboxylic acids is 1. The molecule has 0 N–H and O–H groups in total. The summed E-state index contributed by atoms with van der Waals surface area (Å²) in [6.07, 6.45) is 27.7. The Kier molecular flexibility index (Phi) is 11.6. The van der Waals surface area contributed by atoms with E-state index in [0.29, 0.717) is 29.1 Å². The Morgan fingerprint density at radius 3 is 2.40 bits per heavy atom. The molecule has 0 aliphatic heterocycles. The van der Waals surface area contributed by atoms with Crippen molar-refractivity contribution in [3.05, 3.63) is 47.0 Å². The minimum Gasteiger partial charge on any atom is -0.462 e. The monoisotopic (exact) mass is 614 g/mol. The van der Waals surface area contributed by atoms with Crippen molar-refractivity contribution in [1.82, 2.24) is 0 Å². The molecule has 0 bridgehead atoms. The summed E-state index contributed by atoms with van der Waals surface area (Å²) in [6.45, 7) is 14.0. The summed E-state index contributed by atoms with van der Waals surface area (Å²) < 4.78 is 11.9. The fraction of sp³-hybridized carbons (Fsp3) is 0.738. The predicted octanol–water partition coefficient (Wildman–Crippen LogP) is 10.8. The van der Waals surface area contributed by atoms with E-state index in [1.54, 1.807) is 29.8 Å². The number of fused-ring (bicyclic) bond motifs is 5. The van der Waals surface area contributed by atoms with Crippen molar-refractivity contribution in [2.45, 2.75) is 137 Å². The molecule has 1 aromatic carbocycles. The van der Waals surface area contributed by atoms with Gasteiger partial charge in [0.05, 0.1) is 18.3 Å². The number of unbranched alkanes of at least 4 members (excludes halogenated alkanes) is 3. The maximum Gasteiger partial charge on any atom is 0.338 e. The topological polar surface area (TPSA) is 35.5 Å². The lowest BCUT2D eigenvalue weighted by Gasteiger charge is -2.58. The van der Waals surface area contributed by atoms with Crippen LogP contribution in [-0.2, 0) is 9.47 Å². The zero-order chi connectivity index (χ0) is 32.0. The van der Waals surface area contributed by atoms with E-state index in [1.165, 1.54) is 64.2 Å². The molecule has 3 saturated carbocycles. The summed E-state index contributed by atoms with van der Waals surface area (Å²) in [5.41, 5.74) is 4.02. The minimum atomic E-state index is -0.272. The highest BCUT2D eigenvalue weighted by Crippen LogP contribution is 2.67. The number of hydrogen-bond acceptors (Lipinski definition) is 3. The van der Waals surface area contributed by atoms with Gasteiger partial charge >= 0.3 is 5.97 Å². The highest BCUT2D eigenvalue weighted by atomic mass is 16.5. The number of carbonyl (C=O) groups is 1. The molecule has 0 saturated heterocycles. The number of terminal acetylenes is 1. The van der Waals surface area contributed by atoms with Gasteiger partial charge < -0.3 is 9.47 Å². The molecule has 0 radical (unpaired) electrons. The number of allylic oxidation sites excluding steroid dienone is 1. The molecule has 5 rings (SSSR count). The van der Waals surface area contributed by atoms with Crippen LogP contribution in [0, 0.1) is 58.7 Å². The third kappa shape index (κ3) is 7.75. The zero-order valence-electron chi connectivity index (χ0n) is 29.3. The zero-order valence-corrected chi connectivity index (χ0v) is 29.3. The summed E-state index contributed by atoms with van der Waals surface area (Å²) in [4.78, 5) is 12.2. The molecule has 1 aromatic rings. The van der Waals surface area contributed by atoms with E-state index >= 15 is 0 Å². The first-order chi connectivity index (χ1) is 21.7. The lowest BCUT2D eigenvalue weighted by atomic mass is 9.47. The van der Waals surface area contributed by atoms with Gasteiger partial charge in [0, 0.05) is 12.2 Å². The molecule has 3 fully saturated rings. The number of benzene rings is 1.